The van der Waals surface area contributed by atoms with Gasteiger partial charge in [0, 0.05) is 24.7 Å². The standard InChI is InChI=1S/C14H25NO2/c1-15-12-10-13(14(12)6-2-3-7-14)17-11-4-8-16-9-5-11/h11-13,15H,2-10H2,1H3. The molecule has 2 atom stereocenters. The monoisotopic (exact) mass is 239 g/mol. The minimum atomic E-state index is 0.462. The summed E-state index contributed by atoms with van der Waals surface area (Å²) >= 11 is 0. The normalized spacial score (nSPS) is 37.2. The Hall–Kier alpha value is -0.120. The maximum absolute atomic E-state index is 6.38. The predicted octanol–water partition coefficient (Wildman–Crippen LogP) is 2.10. The zero-order chi connectivity index (χ0) is 11.7. The molecule has 1 spiro atoms. The van der Waals surface area contributed by atoms with Gasteiger partial charge >= 0.3 is 0 Å². The third kappa shape index (κ3) is 2.02. The molecule has 3 nitrogen and oxygen atoms in total. The van der Waals surface area contributed by atoms with Gasteiger partial charge in [0.05, 0.1) is 12.2 Å². The van der Waals surface area contributed by atoms with Crippen LogP contribution in [0.4, 0.5) is 0 Å². The van der Waals surface area contributed by atoms with Crippen molar-refractivity contribution in [3.63, 3.8) is 0 Å². The second-order valence-corrected chi connectivity index (χ2v) is 5.95. The summed E-state index contributed by atoms with van der Waals surface area (Å²) in [5, 5.41) is 3.50. The Morgan fingerprint density at radius 2 is 1.88 bits per heavy atom. The Labute approximate surface area is 104 Å². The number of nitrogens with one attached hydrogen (secondary N) is 1. The molecule has 1 N–H and O–H groups in total. The molecule has 1 saturated heterocycles. The smallest absolute Gasteiger partial charge is 0.0665 e. The van der Waals surface area contributed by atoms with Crippen molar-refractivity contribution in [2.24, 2.45) is 5.41 Å². The van der Waals surface area contributed by atoms with Gasteiger partial charge in [0.15, 0.2) is 0 Å². The van der Waals surface area contributed by atoms with Crippen molar-refractivity contribution in [2.45, 2.75) is 63.2 Å². The van der Waals surface area contributed by atoms with E-state index in [1.165, 1.54) is 32.1 Å². The van der Waals surface area contributed by atoms with Crippen LogP contribution in [0, 0.1) is 5.41 Å². The van der Waals surface area contributed by atoms with E-state index in [0.29, 0.717) is 23.7 Å². The minimum absolute atomic E-state index is 0.462. The average Bonchev–Trinajstić information content (AvgIpc) is 2.87. The molecule has 0 bridgehead atoms. The van der Waals surface area contributed by atoms with Crippen LogP contribution in [0.5, 0.6) is 0 Å². The highest BCUT2D eigenvalue weighted by Gasteiger charge is 2.56. The Balaban J connectivity index is 1.60. The summed E-state index contributed by atoms with van der Waals surface area (Å²) in [7, 11) is 2.11. The average molecular weight is 239 g/mol. The fraction of sp³-hybridized carbons (Fsp3) is 1.00. The Kier molecular flexibility index (Phi) is 3.42. The van der Waals surface area contributed by atoms with E-state index < -0.39 is 0 Å². The molecule has 0 radical (unpaired) electrons. The van der Waals surface area contributed by atoms with Crippen LogP contribution in [0.1, 0.15) is 44.9 Å². The first kappa shape index (κ1) is 11.9. The topological polar surface area (TPSA) is 30.5 Å². The summed E-state index contributed by atoms with van der Waals surface area (Å²) in [6.45, 7) is 1.78. The molecular formula is C14H25NO2. The lowest BCUT2D eigenvalue weighted by Crippen LogP contribution is -2.62. The highest BCUT2D eigenvalue weighted by molar-refractivity contribution is 5.09. The highest BCUT2D eigenvalue weighted by atomic mass is 16.5. The largest absolute Gasteiger partial charge is 0.381 e. The number of rotatable bonds is 3. The predicted molar refractivity (Wildman–Crippen MR) is 67.1 cm³/mol. The minimum Gasteiger partial charge on any atom is -0.381 e. The third-order valence-corrected chi connectivity index (χ3v) is 5.19. The quantitative estimate of drug-likeness (QED) is 0.818. The van der Waals surface area contributed by atoms with Crippen LogP contribution in [0.15, 0.2) is 0 Å². The van der Waals surface area contributed by atoms with Crippen molar-refractivity contribution < 1.29 is 9.47 Å². The molecule has 98 valence electrons. The van der Waals surface area contributed by atoms with E-state index in [1.54, 1.807) is 0 Å². The molecule has 3 rings (SSSR count). The summed E-state index contributed by atoms with van der Waals surface area (Å²) in [4.78, 5) is 0. The zero-order valence-corrected chi connectivity index (χ0v) is 10.9. The molecule has 3 heteroatoms. The van der Waals surface area contributed by atoms with Gasteiger partial charge in [-0.1, -0.05) is 12.8 Å². The van der Waals surface area contributed by atoms with E-state index >= 15 is 0 Å². The van der Waals surface area contributed by atoms with Crippen LogP contribution in [-0.4, -0.2) is 38.5 Å². The van der Waals surface area contributed by atoms with Crippen LogP contribution < -0.4 is 5.32 Å². The number of hydrogen-bond donors (Lipinski definition) is 1. The number of ether oxygens (including phenoxy) is 2. The first-order valence-electron chi connectivity index (χ1n) is 7.25. The van der Waals surface area contributed by atoms with Crippen LogP contribution in [0.2, 0.25) is 0 Å². The van der Waals surface area contributed by atoms with Gasteiger partial charge in [-0.2, -0.15) is 0 Å². The summed E-state index contributed by atoms with van der Waals surface area (Å²) in [6, 6.07) is 0.704. The molecule has 0 aromatic heterocycles. The molecule has 1 heterocycles. The fourth-order valence-corrected chi connectivity index (χ4v) is 4.09. The molecule has 0 amide bonds. The van der Waals surface area contributed by atoms with E-state index in [4.69, 9.17) is 9.47 Å². The van der Waals surface area contributed by atoms with Crippen molar-refractivity contribution in [2.75, 3.05) is 20.3 Å². The van der Waals surface area contributed by atoms with Gasteiger partial charge in [-0.15, -0.1) is 0 Å². The lowest BCUT2D eigenvalue weighted by Gasteiger charge is -2.55. The van der Waals surface area contributed by atoms with E-state index in [2.05, 4.69) is 12.4 Å². The second-order valence-electron chi connectivity index (χ2n) is 5.95. The SMILES string of the molecule is CNC1CC(OC2CCOCC2)C12CCCC2. The van der Waals surface area contributed by atoms with Crippen molar-refractivity contribution in [1.82, 2.24) is 5.32 Å². The van der Waals surface area contributed by atoms with E-state index in [-0.39, 0.29) is 0 Å². The molecular weight excluding hydrogens is 214 g/mol. The Bertz CT molecular complexity index is 257. The summed E-state index contributed by atoms with van der Waals surface area (Å²) in [5.74, 6) is 0. The van der Waals surface area contributed by atoms with Crippen molar-refractivity contribution in [1.29, 1.82) is 0 Å². The molecule has 2 unspecified atom stereocenters. The lowest BCUT2D eigenvalue weighted by atomic mass is 9.60. The van der Waals surface area contributed by atoms with Crippen LogP contribution in [0.25, 0.3) is 0 Å². The van der Waals surface area contributed by atoms with Gasteiger partial charge in [0.1, 0.15) is 0 Å². The van der Waals surface area contributed by atoms with Gasteiger partial charge < -0.3 is 14.8 Å². The van der Waals surface area contributed by atoms with E-state index in [9.17, 15) is 0 Å². The molecule has 3 aliphatic rings. The molecule has 0 aromatic carbocycles. The summed E-state index contributed by atoms with van der Waals surface area (Å²) in [6.07, 6.45) is 9.91. The van der Waals surface area contributed by atoms with Gasteiger partial charge in [0.2, 0.25) is 0 Å². The molecule has 2 saturated carbocycles. The molecule has 0 aromatic rings. The highest BCUT2D eigenvalue weighted by Crippen LogP contribution is 2.55. The van der Waals surface area contributed by atoms with Gasteiger partial charge in [-0.25, -0.2) is 0 Å². The van der Waals surface area contributed by atoms with Crippen LogP contribution >= 0.6 is 0 Å². The van der Waals surface area contributed by atoms with Crippen LogP contribution in [0.3, 0.4) is 0 Å². The van der Waals surface area contributed by atoms with Gasteiger partial charge in [-0.3, -0.25) is 0 Å². The second kappa shape index (κ2) is 4.87. The molecule has 17 heavy (non-hydrogen) atoms. The molecule has 2 aliphatic carbocycles. The van der Waals surface area contributed by atoms with Crippen molar-refractivity contribution in [3.05, 3.63) is 0 Å². The fourth-order valence-electron chi connectivity index (χ4n) is 4.09. The zero-order valence-electron chi connectivity index (χ0n) is 10.9. The van der Waals surface area contributed by atoms with E-state index in [1.807, 2.05) is 0 Å². The Morgan fingerprint density at radius 1 is 1.18 bits per heavy atom. The number of hydrogen-bond acceptors (Lipinski definition) is 3. The first-order valence-corrected chi connectivity index (χ1v) is 7.25. The summed E-state index contributed by atoms with van der Waals surface area (Å²) < 4.78 is 11.8. The van der Waals surface area contributed by atoms with Gasteiger partial charge in [-0.05, 0) is 39.2 Å². The van der Waals surface area contributed by atoms with Crippen LogP contribution in [-0.2, 0) is 9.47 Å². The molecule has 3 fully saturated rings. The van der Waals surface area contributed by atoms with Gasteiger partial charge in [0.25, 0.3) is 0 Å². The maximum Gasteiger partial charge on any atom is 0.0665 e. The first-order chi connectivity index (χ1) is 8.35. The van der Waals surface area contributed by atoms with Crippen molar-refractivity contribution >= 4 is 0 Å². The Morgan fingerprint density at radius 3 is 2.53 bits per heavy atom. The lowest BCUT2D eigenvalue weighted by molar-refractivity contribution is -0.174. The summed E-state index contributed by atoms with van der Waals surface area (Å²) in [5.41, 5.74) is 0.479. The van der Waals surface area contributed by atoms with E-state index in [0.717, 1.165) is 26.1 Å². The van der Waals surface area contributed by atoms with Crippen molar-refractivity contribution in [3.8, 4) is 0 Å². The molecule has 1 aliphatic heterocycles. The third-order valence-electron chi connectivity index (χ3n) is 5.19. The maximum atomic E-state index is 6.38.